The van der Waals surface area contributed by atoms with Gasteiger partial charge in [-0.15, -0.1) is 0 Å². The molecule has 172 valence electrons. The van der Waals surface area contributed by atoms with Gasteiger partial charge in [-0.3, -0.25) is 4.79 Å². The van der Waals surface area contributed by atoms with Crippen LogP contribution in [0.5, 0.6) is 5.75 Å². The van der Waals surface area contributed by atoms with E-state index in [9.17, 15) is 10.1 Å². The molecule has 34 heavy (non-hydrogen) atoms. The van der Waals surface area contributed by atoms with Gasteiger partial charge in [-0.2, -0.15) is 5.26 Å². The van der Waals surface area contributed by atoms with Gasteiger partial charge in [0.25, 0.3) is 0 Å². The zero-order valence-electron chi connectivity index (χ0n) is 19.0. The van der Waals surface area contributed by atoms with Crippen LogP contribution < -0.4 is 4.74 Å². The molecular formula is C28H25NO5. The number of hydrogen-bond acceptors (Lipinski definition) is 6. The normalized spacial score (nSPS) is 10.7. The molecule has 4 aromatic rings. The van der Waals surface area contributed by atoms with Gasteiger partial charge in [0.2, 0.25) is 0 Å². The van der Waals surface area contributed by atoms with Crippen molar-refractivity contribution in [2.75, 3.05) is 20.3 Å². The molecule has 0 aliphatic heterocycles. The van der Waals surface area contributed by atoms with Crippen LogP contribution in [-0.2, 0) is 27.3 Å². The van der Waals surface area contributed by atoms with Crippen molar-refractivity contribution in [2.45, 2.75) is 19.4 Å². The molecule has 1 aromatic heterocycles. The molecule has 0 saturated heterocycles. The monoisotopic (exact) mass is 455 g/mol. The van der Waals surface area contributed by atoms with E-state index in [1.165, 1.54) is 0 Å². The van der Waals surface area contributed by atoms with Crippen LogP contribution in [0.15, 0.2) is 77.2 Å². The molecule has 0 amide bonds. The highest BCUT2D eigenvalue weighted by atomic mass is 16.5. The standard InChI is InChI=1S/C28H25NO5/c1-31-13-6-14-32-28(30)16-22-8-2-3-11-25(22)33-19-23-10-5-12-26-24(23)17-27(34-26)21-9-4-7-20(15-21)18-29/h2-5,7-12,15,17H,6,13-14,16,19H2,1H3. The van der Waals surface area contributed by atoms with Crippen LogP contribution >= 0.6 is 0 Å². The molecule has 0 bridgehead atoms. The van der Waals surface area contributed by atoms with E-state index in [0.29, 0.717) is 43.3 Å². The number of furan rings is 1. The minimum Gasteiger partial charge on any atom is -0.489 e. The van der Waals surface area contributed by atoms with Gasteiger partial charge in [0.05, 0.1) is 24.7 Å². The lowest BCUT2D eigenvalue weighted by Crippen LogP contribution is -2.11. The minimum absolute atomic E-state index is 0.137. The number of nitriles is 1. The summed E-state index contributed by atoms with van der Waals surface area (Å²) in [5.74, 6) is 1.03. The fourth-order valence-electron chi connectivity index (χ4n) is 3.67. The van der Waals surface area contributed by atoms with Crippen molar-refractivity contribution in [1.82, 2.24) is 0 Å². The molecule has 0 N–H and O–H groups in total. The first-order valence-electron chi connectivity index (χ1n) is 11.0. The summed E-state index contributed by atoms with van der Waals surface area (Å²) in [6.07, 6.45) is 0.802. The first-order chi connectivity index (χ1) is 16.7. The highest BCUT2D eigenvalue weighted by Crippen LogP contribution is 2.31. The number of hydrogen-bond donors (Lipinski definition) is 0. The van der Waals surface area contributed by atoms with Crippen molar-refractivity contribution < 1.29 is 23.4 Å². The first kappa shape index (κ1) is 23.1. The number of esters is 1. The van der Waals surface area contributed by atoms with Crippen molar-refractivity contribution in [3.8, 4) is 23.1 Å². The van der Waals surface area contributed by atoms with Crippen molar-refractivity contribution >= 4 is 16.9 Å². The predicted octanol–water partition coefficient (Wildman–Crippen LogP) is 5.67. The fourth-order valence-corrected chi connectivity index (χ4v) is 3.67. The highest BCUT2D eigenvalue weighted by Gasteiger charge is 2.13. The number of nitrogens with zero attached hydrogens (tertiary/aromatic N) is 1. The maximum atomic E-state index is 12.2. The van der Waals surface area contributed by atoms with E-state index >= 15 is 0 Å². The van der Waals surface area contributed by atoms with Crippen LogP contribution in [0.3, 0.4) is 0 Å². The van der Waals surface area contributed by atoms with E-state index < -0.39 is 0 Å². The number of para-hydroxylation sites is 1. The third kappa shape index (κ3) is 5.64. The number of fused-ring (bicyclic) bond motifs is 1. The van der Waals surface area contributed by atoms with Gasteiger partial charge in [0.1, 0.15) is 23.7 Å². The van der Waals surface area contributed by atoms with Gasteiger partial charge in [0, 0.05) is 42.2 Å². The third-order valence-electron chi connectivity index (χ3n) is 5.37. The molecule has 6 heteroatoms. The van der Waals surface area contributed by atoms with Crippen LogP contribution in [-0.4, -0.2) is 26.3 Å². The highest BCUT2D eigenvalue weighted by molar-refractivity contribution is 5.86. The summed E-state index contributed by atoms with van der Waals surface area (Å²) < 4.78 is 22.4. The average Bonchev–Trinajstić information content (AvgIpc) is 3.31. The third-order valence-corrected chi connectivity index (χ3v) is 5.37. The summed E-state index contributed by atoms with van der Waals surface area (Å²) in [7, 11) is 1.62. The lowest BCUT2D eigenvalue weighted by atomic mass is 10.1. The molecule has 0 atom stereocenters. The zero-order chi connectivity index (χ0) is 23.8. The van der Waals surface area contributed by atoms with Gasteiger partial charge < -0.3 is 18.6 Å². The Labute approximate surface area is 198 Å². The molecule has 0 aliphatic rings. The maximum Gasteiger partial charge on any atom is 0.310 e. The van der Waals surface area contributed by atoms with E-state index in [2.05, 4.69) is 6.07 Å². The quantitative estimate of drug-likeness (QED) is 0.226. The van der Waals surface area contributed by atoms with Gasteiger partial charge in [0.15, 0.2) is 0 Å². The lowest BCUT2D eigenvalue weighted by molar-refractivity contribution is -0.143. The second-order valence-electron chi connectivity index (χ2n) is 7.77. The van der Waals surface area contributed by atoms with Crippen LogP contribution in [0.25, 0.3) is 22.3 Å². The van der Waals surface area contributed by atoms with Crippen LogP contribution in [0.1, 0.15) is 23.1 Å². The molecule has 0 unspecified atom stereocenters. The molecule has 4 rings (SSSR count). The molecule has 0 saturated carbocycles. The molecule has 0 spiro atoms. The SMILES string of the molecule is COCCCOC(=O)Cc1ccccc1OCc1cccc2oc(-c3cccc(C#N)c3)cc12. The summed E-state index contributed by atoms with van der Waals surface area (Å²) in [5, 5.41) is 10.1. The number of methoxy groups -OCH3 is 1. The van der Waals surface area contributed by atoms with Gasteiger partial charge in [-0.05, 0) is 30.3 Å². The summed E-state index contributed by atoms with van der Waals surface area (Å²) >= 11 is 0. The van der Waals surface area contributed by atoms with Crippen molar-refractivity contribution in [2.24, 2.45) is 0 Å². The number of ether oxygens (including phenoxy) is 3. The summed E-state index contributed by atoms with van der Waals surface area (Å²) in [4.78, 5) is 12.2. The van der Waals surface area contributed by atoms with E-state index in [-0.39, 0.29) is 12.4 Å². The van der Waals surface area contributed by atoms with Gasteiger partial charge in [-0.25, -0.2) is 0 Å². The summed E-state index contributed by atoms with van der Waals surface area (Å²) in [6, 6.07) is 24.7. The van der Waals surface area contributed by atoms with E-state index in [4.69, 9.17) is 18.6 Å². The molecule has 0 radical (unpaired) electrons. The Morgan fingerprint density at radius 3 is 2.65 bits per heavy atom. The Morgan fingerprint density at radius 1 is 0.971 bits per heavy atom. The second-order valence-corrected chi connectivity index (χ2v) is 7.77. The van der Waals surface area contributed by atoms with Crippen molar-refractivity contribution in [3.05, 3.63) is 89.5 Å². The lowest BCUT2D eigenvalue weighted by Gasteiger charge is -2.12. The molecule has 1 heterocycles. The zero-order valence-corrected chi connectivity index (χ0v) is 19.0. The van der Waals surface area contributed by atoms with Crippen molar-refractivity contribution in [1.29, 1.82) is 5.26 Å². The Balaban J connectivity index is 1.48. The van der Waals surface area contributed by atoms with Gasteiger partial charge in [-0.1, -0.05) is 42.5 Å². The topological polar surface area (TPSA) is 81.7 Å². The van der Waals surface area contributed by atoms with E-state index in [1.54, 1.807) is 19.2 Å². The largest absolute Gasteiger partial charge is 0.489 e. The Bertz CT molecular complexity index is 1320. The van der Waals surface area contributed by atoms with Gasteiger partial charge >= 0.3 is 5.97 Å². The Morgan fingerprint density at radius 2 is 1.79 bits per heavy atom. The molecule has 0 aliphatic carbocycles. The molecule has 3 aromatic carbocycles. The average molecular weight is 456 g/mol. The van der Waals surface area contributed by atoms with Crippen LogP contribution in [0.4, 0.5) is 0 Å². The number of benzene rings is 3. The number of rotatable bonds is 10. The Hall–Kier alpha value is -4.08. The molecular weight excluding hydrogens is 430 g/mol. The first-order valence-corrected chi connectivity index (χ1v) is 11.0. The van der Waals surface area contributed by atoms with E-state index in [1.807, 2.05) is 60.7 Å². The van der Waals surface area contributed by atoms with Crippen molar-refractivity contribution in [3.63, 3.8) is 0 Å². The smallest absolute Gasteiger partial charge is 0.310 e. The maximum absolute atomic E-state index is 12.2. The van der Waals surface area contributed by atoms with Crippen LogP contribution in [0, 0.1) is 11.3 Å². The van der Waals surface area contributed by atoms with E-state index in [0.717, 1.165) is 27.7 Å². The summed E-state index contributed by atoms with van der Waals surface area (Å²) in [6.45, 7) is 1.20. The minimum atomic E-state index is -0.298. The Kier molecular flexibility index (Phi) is 7.59. The number of carbonyl (C=O) groups is 1. The predicted molar refractivity (Wildman–Crippen MR) is 128 cm³/mol. The molecule has 0 fully saturated rings. The van der Waals surface area contributed by atoms with Crippen LogP contribution in [0.2, 0.25) is 0 Å². The summed E-state index contributed by atoms with van der Waals surface area (Å²) in [5.41, 5.74) is 3.90. The number of carbonyl (C=O) groups excluding carboxylic acids is 1. The second kappa shape index (κ2) is 11.2. The molecule has 6 nitrogen and oxygen atoms in total. The fraction of sp³-hybridized carbons (Fsp3) is 0.214.